The topological polar surface area (TPSA) is 73.5 Å². The van der Waals surface area contributed by atoms with Gasteiger partial charge in [0.25, 0.3) is 0 Å². The van der Waals surface area contributed by atoms with E-state index >= 15 is 0 Å². The summed E-state index contributed by atoms with van der Waals surface area (Å²) in [5.41, 5.74) is 2.71. The molecule has 0 amide bonds. The van der Waals surface area contributed by atoms with Crippen molar-refractivity contribution in [1.29, 1.82) is 0 Å². The molecule has 3 aromatic heterocycles. The minimum atomic E-state index is 0.662. The third-order valence-electron chi connectivity index (χ3n) is 3.75. The Morgan fingerprint density at radius 2 is 1.96 bits per heavy atom. The van der Waals surface area contributed by atoms with Crippen molar-refractivity contribution in [3.8, 4) is 5.95 Å². The summed E-state index contributed by atoms with van der Waals surface area (Å²) in [6, 6.07) is 12.1. The minimum absolute atomic E-state index is 0.662. The van der Waals surface area contributed by atoms with Gasteiger partial charge in [0.15, 0.2) is 17.0 Å². The van der Waals surface area contributed by atoms with E-state index in [2.05, 4.69) is 37.1 Å². The van der Waals surface area contributed by atoms with E-state index in [-0.39, 0.29) is 0 Å². The molecule has 0 saturated carbocycles. The molecule has 7 heteroatoms. The van der Waals surface area contributed by atoms with Crippen molar-refractivity contribution < 1.29 is 0 Å². The van der Waals surface area contributed by atoms with Gasteiger partial charge < -0.3 is 5.32 Å². The van der Waals surface area contributed by atoms with Crippen LogP contribution >= 0.6 is 0 Å². The van der Waals surface area contributed by atoms with E-state index in [9.17, 15) is 0 Å². The van der Waals surface area contributed by atoms with Crippen molar-refractivity contribution in [1.82, 2.24) is 29.3 Å². The fraction of sp³-hybridized carbons (Fsp3) is 0.176. The van der Waals surface area contributed by atoms with Crippen LogP contribution in [-0.2, 0) is 6.54 Å². The third kappa shape index (κ3) is 2.50. The number of fused-ring (bicyclic) bond motifs is 1. The van der Waals surface area contributed by atoms with Gasteiger partial charge in [0.2, 0.25) is 5.95 Å². The molecule has 3 heterocycles. The summed E-state index contributed by atoms with van der Waals surface area (Å²) < 4.78 is 3.81. The van der Waals surface area contributed by atoms with Gasteiger partial charge in [-0.05, 0) is 18.6 Å². The predicted octanol–water partition coefficient (Wildman–Crippen LogP) is 2.49. The highest BCUT2D eigenvalue weighted by Crippen LogP contribution is 2.23. The zero-order chi connectivity index (χ0) is 16.4. The standard InChI is InChI=1S/C17H17N7/c1-2-18-15-14-16(20-12-19-15)23(11-13-7-4-3-5-8-13)17(22-14)24-10-6-9-21-24/h3-10,12H,2,11H2,1H3,(H,18,19,20). The third-order valence-corrected chi connectivity index (χ3v) is 3.75. The van der Waals surface area contributed by atoms with Crippen LogP contribution in [0.5, 0.6) is 0 Å². The molecule has 0 fully saturated rings. The Balaban J connectivity index is 1.91. The lowest BCUT2D eigenvalue weighted by atomic mass is 10.2. The first kappa shape index (κ1) is 14.4. The van der Waals surface area contributed by atoms with Crippen molar-refractivity contribution in [2.75, 3.05) is 11.9 Å². The Bertz CT molecular complexity index is 942. The maximum atomic E-state index is 4.75. The summed E-state index contributed by atoms with van der Waals surface area (Å²) in [6.07, 6.45) is 5.18. The number of rotatable bonds is 5. The number of nitrogens with zero attached hydrogens (tertiary/aromatic N) is 6. The number of nitrogens with one attached hydrogen (secondary N) is 1. The highest BCUT2D eigenvalue weighted by atomic mass is 15.4. The molecule has 7 nitrogen and oxygen atoms in total. The average Bonchev–Trinajstić information content (AvgIpc) is 3.25. The Labute approximate surface area is 139 Å². The van der Waals surface area contributed by atoms with Gasteiger partial charge in [-0.15, -0.1) is 0 Å². The molecule has 0 aliphatic carbocycles. The fourth-order valence-corrected chi connectivity index (χ4v) is 2.70. The molecule has 24 heavy (non-hydrogen) atoms. The van der Waals surface area contributed by atoms with E-state index < -0.39 is 0 Å². The lowest BCUT2D eigenvalue weighted by molar-refractivity contribution is 0.715. The highest BCUT2D eigenvalue weighted by molar-refractivity contribution is 5.84. The molecular weight excluding hydrogens is 302 g/mol. The van der Waals surface area contributed by atoms with Crippen molar-refractivity contribution >= 4 is 17.0 Å². The van der Waals surface area contributed by atoms with Crippen molar-refractivity contribution in [3.05, 3.63) is 60.7 Å². The molecule has 4 aromatic rings. The van der Waals surface area contributed by atoms with Crippen LogP contribution in [0.25, 0.3) is 17.1 Å². The number of benzene rings is 1. The van der Waals surface area contributed by atoms with Gasteiger partial charge in [0.05, 0.1) is 6.54 Å². The molecule has 4 rings (SSSR count). The first-order chi connectivity index (χ1) is 11.9. The van der Waals surface area contributed by atoms with E-state index in [1.54, 1.807) is 17.2 Å². The summed E-state index contributed by atoms with van der Waals surface area (Å²) in [5.74, 6) is 1.46. The van der Waals surface area contributed by atoms with Crippen molar-refractivity contribution in [2.45, 2.75) is 13.5 Å². The second kappa shape index (κ2) is 6.11. The fourth-order valence-electron chi connectivity index (χ4n) is 2.70. The Morgan fingerprint density at radius 3 is 2.71 bits per heavy atom. The van der Waals surface area contributed by atoms with E-state index in [1.165, 1.54) is 5.56 Å². The van der Waals surface area contributed by atoms with Gasteiger partial charge in [-0.25, -0.2) is 19.6 Å². The molecule has 120 valence electrons. The smallest absolute Gasteiger partial charge is 0.233 e. The van der Waals surface area contributed by atoms with Crippen LogP contribution in [0.1, 0.15) is 12.5 Å². The Hall–Kier alpha value is -3.22. The van der Waals surface area contributed by atoms with E-state index in [0.29, 0.717) is 6.54 Å². The van der Waals surface area contributed by atoms with Gasteiger partial charge in [-0.3, -0.25) is 4.57 Å². The monoisotopic (exact) mass is 319 g/mol. The molecule has 0 saturated heterocycles. The largest absolute Gasteiger partial charge is 0.368 e. The predicted molar refractivity (Wildman–Crippen MR) is 92.2 cm³/mol. The maximum absolute atomic E-state index is 4.75. The van der Waals surface area contributed by atoms with Crippen LogP contribution in [0.4, 0.5) is 5.82 Å². The molecule has 0 bridgehead atoms. The molecule has 0 aliphatic rings. The van der Waals surface area contributed by atoms with Crippen LogP contribution in [0.15, 0.2) is 55.1 Å². The number of aromatic nitrogens is 6. The molecule has 0 radical (unpaired) electrons. The second-order valence-corrected chi connectivity index (χ2v) is 5.36. The number of imidazole rings is 1. The summed E-state index contributed by atoms with van der Waals surface area (Å²) in [6.45, 7) is 3.47. The van der Waals surface area contributed by atoms with Gasteiger partial charge in [0.1, 0.15) is 6.33 Å². The number of hydrogen-bond acceptors (Lipinski definition) is 5. The van der Waals surface area contributed by atoms with Crippen molar-refractivity contribution in [2.24, 2.45) is 0 Å². The zero-order valence-corrected chi connectivity index (χ0v) is 13.3. The first-order valence-corrected chi connectivity index (χ1v) is 7.86. The number of hydrogen-bond donors (Lipinski definition) is 1. The SMILES string of the molecule is CCNc1ncnc2c1nc(-n1cccn1)n2Cc1ccccc1. The summed E-state index contributed by atoms with van der Waals surface area (Å²) in [5, 5.41) is 7.57. The molecular formula is C17H17N7. The second-order valence-electron chi connectivity index (χ2n) is 5.36. The van der Waals surface area contributed by atoms with Gasteiger partial charge in [-0.1, -0.05) is 30.3 Å². The lowest BCUT2D eigenvalue weighted by Gasteiger charge is -2.08. The molecule has 0 atom stereocenters. The van der Waals surface area contributed by atoms with E-state index in [0.717, 1.165) is 29.5 Å². The van der Waals surface area contributed by atoms with Crippen LogP contribution < -0.4 is 5.32 Å². The summed E-state index contributed by atoms with van der Waals surface area (Å²) >= 11 is 0. The Morgan fingerprint density at radius 1 is 1.08 bits per heavy atom. The number of anilines is 1. The normalized spacial score (nSPS) is 11.0. The summed E-state index contributed by atoms with van der Waals surface area (Å²) in [4.78, 5) is 13.5. The van der Waals surface area contributed by atoms with Gasteiger partial charge in [-0.2, -0.15) is 5.10 Å². The Kier molecular flexibility index (Phi) is 3.66. The van der Waals surface area contributed by atoms with Crippen molar-refractivity contribution in [3.63, 3.8) is 0 Å². The zero-order valence-electron chi connectivity index (χ0n) is 13.3. The van der Waals surface area contributed by atoms with Gasteiger partial charge in [0, 0.05) is 18.9 Å². The average molecular weight is 319 g/mol. The molecule has 0 spiro atoms. The van der Waals surface area contributed by atoms with E-state index in [4.69, 9.17) is 4.98 Å². The van der Waals surface area contributed by atoms with Gasteiger partial charge >= 0.3 is 0 Å². The van der Waals surface area contributed by atoms with Crippen LogP contribution in [-0.4, -0.2) is 35.8 Å². The lowest BCUT2D eigenvalue weighted by Crippen LogP contribution is -2.09. The highest BCUT2D eigenvalue weighted by Gasteiger charge is 2.17. The molecule has 1 aromatic carbocycles. The minimum Gasteiger partial charge on any atom is -0.368 e. The van der Waals surface area contributed by atoms with E-state index in [1.807, 2.05) is 37.4 Å². The van der Waals surface area contributed by atoms with Crippen LogP contribution in [0, 0.1) is 0 Å². The van der Waals surface area contributed by atoms with Crippen LogP contribution in [0.3, 0.4) is 0 Å². The quantitative estimate of drug-likeness (QED) is 0.612. The summed E-state index contributed by atoms with van der Waals surface area (Å²) in [7, 11) is 0. The van der Waals surface area contributed by atoms with Crippen LogP contribution in [0.2, 0.25) is 0 Å². The molecule has 0 aliphatic heterocycles. The first-order valence-electron chi connectivity index (χ1n) is 7.86. The maximum Gasteiger partial charge on any atom is 0.233 e. The molecule has 1 N–H and O–H groups in total. The molecule has 0 unspecified atom stereocenters.